The molecule has 1 aliphatic carbocycles. The van der Waals surface area contributed by atoms with Crippen LogP contribution in [0.2, 0.25) is 0 Å². The Morgan fingerprint density at radius 1 is 0.795 bits per heavy atom. The molecule has 0 radical (unpaired) electrons. The Hall–Kier alpha value is -3.70. The monoisotopic (exact) mass is 562 g/mol. The Kier molecular flexibility index (Phi) is 8.58. The fraction of sp³-hybridized carbons (Fsp3) is 0.357. The smallest absolute Gasteiger partial charge is 0.230 e. The molecule has 0 aliphatic heterocycles. The molecule has 2 aromatic heterocycles. The van der Waals surface area contributed by atoms with Crippen LogP contribution in [-0.4, -0.2) is 39.3 Å². The van der Waals surface area contributed by atoms with E-state index in [0.717, 1.165) is 58.1 Å². The molecule has 1 saturated carbocycles. The summed E-state index contributed by atoms with van der Waals surface area (Å²) in [4.78, 5) is 25.0. The summed E-state index contributed by atoms with van der Waals surface area (Å²) >= 11 is 2.88. The van der Waals surface area contributed by atoms with E-state index in [-0.39, 0.29) is 30.1 Å². The molecule has 0 unspecified atom stereocenters. The fourth-order valence-electron chi connectivity index (χ4n) is 4.69. The number of anilines is 2. The van der Waals surface area contributed by atoms with E-state index >= 15 is 0 Å². The Balaban J connectivity index is 1.14. The number of ether oxygens (including phenoxy) is 1. The Morgan fingerprint density at radius 3 is 1.77 bits per heavy atom. The third kappa shape index (κ3) is 7.24. The summed E-state index contributed by atoms with van der Waals surface area (Å²) in [7, 11) is 1.61. The van der Waals surface area contributed by atoms with Crippen LogP contribution in [0.1, 0.15) is 64.2 Å². The topological polar surface area (TPSA) is 119 Å². The van der Waals surface area contributed by atoms with Crippen LogP contribution >= 0.6 is 22.7 Å². The third-order valence-corrected chi connectivity index (χ3v) is 8.76. The summed E-state index contributed by atoms with van der Waals surface area (Å²) in [5.41, 5.74) is 3.03. The molecule has 2 heterocycles. The van der Waals surface area contributed by atoms with Gasteiger partial charge in [0.15, 0.2) is 0 Å². The van der Waals surface area contributed by atoms with E-state index in [4.69, 9.17) is 4.74 Å². The van der Waals surface area contributed by atoms with Crippen LogP contribution in [0, 0.1) is 6.92 Å². The number of amides is 2. The zero-order chi connectivity index (χ0) is 27.2. The molecule has 202 valence electrons. The van der Waals surface area contributed by atoms with Crippen LogP contribution in [-0.2, 0) is 22.4 Å². The molecule has 11 heteroatoms. The summed E-state index contributed by atoms with van der Waals surface area (Å²) in [5.74, 6) is 1.03. The van der Waals surface area contributed by atoms with E-state index < -0.39 is 0 Å². The van der Waals surface area contributed by atoms with Gasteiger partial charge in [0.1, 0.15) is 15.8 Å². The summed E-state index contributed by atoms with van der Waals surface area (Å²) in [6, 6.07) is 15.4. The molecular weight excluding hydrogens is 532 g/mol. The molecule has 9 nitrogen and oxygen atoms in total. The first-order valence-corrected chi connectivity index (χ1v) is 14.5. The fourth-order valence-corrected chi connectivity index (χ4v) is 6.50. The van der Waals surface area contributed by atoms with Gasteiger partial charge in [0.05, 0.1) is 20.0 Å². The number of nitrogens with one attached hydrogen (secondary N) is 2. The molecule has 1 fully saturated rings. The Morgan fingerprint density at radius 2 is 1.28 bits per heavy atom. The van der Waals surface area contributed by atoms with Crippen molar-refractivity contribution in [3.63, 3.8) is 0 Å². The average Bonchev–Trinajstić information content (AvgIpc) is 3.60. The van der Waals surface area contributed by atoms with Crippen LogP contribution < -0.4 is 15.4 Å². The predicted molar refractivity (Wildman–Crippen MR) is 153 cm³/mol. The molecule has 0 bridgehead atoms. The number of methoxy groups -OCH3 is 1. The number of rotatable bonds is 9. The highest BCUT2D eigenvalue weighted by molar-refractivity contribution is 7.15. The highest BCUT2D eigenvalue weighted by Gasteiger charge is 2.29. The third-order valence-electron chi connectivity index (χ3n) is 6.76. The van der Waals surface area contributed by atoms with Crippen LogP contribution in [0.15, 0.2) is 48.5 Å². The lowest BCUT2D eigenvalue weighted by molar-refractivity contribution is -0.116. The molecule has 2 amide bonds. The lowest BCUT2D eigenvalue weighted by Gasteiger charge is -2.25. The molecule has 1 aliphatic rings. The maximum Gasteiger partial charge on any atom is 0.230 e. The van der Waals surface area contributed by atoms with Gasteiger partial charge in [0.2, 0.25) is 22.1 Å². The maximum atomic E-state index is 12.5. The lowest BCUT2D eigenvalue weighted by Crippen LogP contribution is -2.14. The van der Waals surface area contributed by atoms with Crippen LogP contribution in [0.4, 0.5) is 10.3 Å². The first-order chi connectivity index (χ1) is 18.9. The second-order valence-electron chi connectivity index (χ2n) is 9.73. The maximum absolute atomic E-state index is 12.5. The zero-order valence-corrected chi connectivity index (χ0v) is 23.5. The molecule has 2 N–H and O–H groups in total. The Bertz CT molecular complexity index is 1420. The lowest BCUT2D eigenvalue weighted by atomic mass is 9.82. The summed E-state index contributed by atoms with van der Waals surface area (Å²) in [6.07, 6.45) is 4.53. The highest BCUT2D eigenvalue weighted by atomic mass is 32.1. The molecule has 0 spiro atoms. The van der Waals surface area contributed by atoms with Gasteiger partial charge < -0.3 is 15.4 Å². The van der Waals surface area contributed by atoms with Crippen molar-refractivity contribution < 1.29 is 14.3 Å². The van der Waals surface area contributed by atoms with Crippen molar-refractivity contribution >= 4 is 44.8 Å². The van der Waals surface area contributed by atoms with E-state index in [1.54, 1.807) is 7.11 Å². The van der Waals surface area contributed by atoms with Crippen molar-refractivity contribution in [1.29, 1.82) is 0 Å². The highest BCUT2D eigenvalue weighted by Crippen LogP contribution is 2.43. The van der Waals surface area contributed by atoms with Gasteiger partial charge in [-0.3, -0.25) is 9.59 Å². The molecule has 2 aromatic carbocycles. The average molecular weight is 563 g/mol. The van der Waals surface area contributed by atoms with Crippen molar-refractivity contribution in [3.05, 3.63) is 75.2 Å². The van der Waals surface area contributed by atoms with Gasteiger partial charge in [0, 0.05) is 11.8 Å². The van der Waals surface area contributed by atoms with Crippen molar-refractivity contribution in [2.45, 2.75) is 57.3 Å². The van der Waals surface area contributed by atoms with Gasteiger partial charge in [-0.05, 0) is 49.4 Å². The van der Waals surface area contributed by atoms with Crippen molar-refractivity contribution in [3.8, 4) is 5.75 Å². The number of aromatic nitrogens is 4. The van der Waals surface area contributed by atoms with E-state index in [1.165, 1.54) is 22.7 Å². The minimum absolute atomic E-state index is 0.0986. The quantitative estimate of drug-likeness (QED) is 0.276. The van der Waals surface area contributed by atoms with Gasteiger partial charge in [-0.2, -0.15) is 0 Å². The number of carbonyl (C=O) groups excluding carboxylic acids is 2. The van der Waals surface area contributed by atoms with Gasteiger partial charge in [0.25, 0.3) is 0 Å². The van der Waals surface area contributed by atoms with Crippen LogP contribution in [0.5, 0.6) is 5.75 Å². The van der Waals surface area contributed by atoms with Crippen LogP contribution in [0.25, 0.3) is 0 Å². The minimum atomic E-state index is -0.129. The number of nitrogens with zero attached hydrogens (tertiary/aromatic N) is 4. The SMILES string of the molecule is COc1ccc(CC(=O)Nc2nnc([C@@H]3CCC[C@@H](c4nnc(NC(=O)Cc5ccc(C)cc5)s4)C3)s2)cc1. The number of benzene rings is 2. The largest absolute Gasteiger partial charge is 0.497 e. The second-order valence-corrected chi connectivity index (χ2v) is 11.8. The van der Waals surface area contributed by atoms with Gasteiger partial charge >= 0.3 is 0 Å². The molecule has 0 saturated heterocycles. The number of aryl methyl sites for hydroxylation is 1. The van der Waals surface area contributed by atoms with Crippen molar-refractivity contribution in [2.75, 3.05) is 17.7 Å². The number of hydrogen-bond donors (Lipinski definition) is 2. The standard InChI is InChI=1S/C28H30N6O3S2/c1-17-6-8-18(9-7-17)14-23(35)29-27-33-31-25(38-27)20-4-3-5-21(16-20)26-32-34-28(39-26)30-24(36)15-19-10-12-22(37-2)13-11-19/h6-13,20-21H,3-5,14-16H2,1-2H3,(H,29,33,35)(H,30,34,36)/t20-,21-/m1/s1. The normalized spacial score (nSPS) is 17.0. The molecule has 5 rings (SSSR count). The van der Waals surface area contributed by atoms with E-state index in [2.05, 4.69) is 31.0 Å². The Labute approximate surface area is 235 Å². The summed E-state index contributed by atoms with van der Waals surface area (Å²) in [6.45, 7) is 2.02. The second kappa shape index (κ2) is 12.4. The van der Waals surface area contributed by atoms with Crippen molar-refractivity contribution in [2.24, 2.45) is 0 Å². The number of carbonyl (C=O) groups is 2. The molecule has 4 aromatic rings. The molecule has 2 atom stereocenters. The van der Waals surface area contributed by atoms with E-state index in [1.807, 2.05) is 55.5 Å². The molecular formula is C28H30N6O3S2. The predicted octanol–water partition coefficient (Wildman–Crippen LogP) is 5.51. The first-order valence-electron chi connectivity index (χ1n) is 12.9. The number of hydrogen-bond acceptors (Lipinski definition) is 9. The first kappa shape index (κ1) is 26.9. The van der Waals surface area contributed by atoms with Crippen LogP contribution in [0.3, 0.4) is 0 Å². The van der Waals surface area contributed by atoms with Gasteiger partial charge in [-0.1, -0.05) is 71.1 Å². The minimum Gasteiger partial charge on any atom is -0.497 e. The zero-order valence-electron chi connectivity index (χ0n) is 21.8. The van der Waals surface area contributed by atoms with Crippen molar-refractivity contribution in [1.82, 2.24) is 20.4 Å². The van der Waals surface area contributed by atoms with E-state index in [9.17, 15) is 9.59 Å². The van der Waals surface area contributed by atoms with Gasteiger partial charge in [-0.25, -0.2) is 0 Å². The summed E-state index contributed by atoms with van der Waals surface area (Å²) < 4.78 is 5.16. The molecule has 39 heavy (non-hydrogen) atoms. The van der Waals surface area contributed by atoms with Gasteiger partial charge in [-0.15, -0.1) is 20.4 Å². The summed E-state index contributed by atoms with van der Waals surface area (Å²) in [5, 5.41) is 25.9. The van der Waals surface area contributed by atoms with E-state index in [0.29, 0.717) is 16.7 Å².